The van der Waals surface area contributed by atoms with Crippen LogP contribution in [0.4, 0.5) is 0 Å². The van der Waals surface area contributed by atoms with Crippen molar-refractivity contribution in [3.63, 3.8) is 0 Å². The zero-order chi connectivity index (χ0) is 25.9. The maximum atomic E-state index is 2.84. The van der Waals surface area contributed by atoms with Gasteiger partial charge >= 0.3 is 0 Å². The van der Waals surface area contributed by atoms with E-state index >= 15 is 0 Å². The first-order valence-corrected chi connectivity index (χ1v) is 16.1. The standard InChI is InChI=1S/C36H51P/c37-32-24-13-11-9-7-5-3-1-2-4-6-8-10-12-23-31-36(33-25-17-14-18-26-33,34-27-19-15-20-28-34)35-29-21-16-22-30-35/h14-22,25-30H,1-13,23-24,31-32,37H2. The van der Waals surface area contributed by atoms with Gasteiger partial charge in [-0.15, -0.1) is 9.24 Å². The highest BCUT2D eigenvalue weighted by molar-refractivity contribution is 7.16. The molecule has 0 aliphatic carbocycles. The van der Waals surface area contributed by atoms with Crippen molar-refractivity contribution in [3.05, 3.63) is 108 Å². The molecular weight excluding hydrogens is 463 g/mol. The molecule has 0 nitrogen and oxygen atoms in total. The summed E-state index contributed by atoms with van der Waals surface area (Å²) < 4.78 is 0. The van der Waals surface area contributed by atoms with Crippen LogP contribution in [-0.2, 0) is 5.41 Å². The van der Waals surface area contributed by atoms with Gasteiger partial charge in [-0.3, -0.25) is 0 Å². The summed E-state index contributed by atoms with van der Waals surface area (Å²) in [6.45, 7) is 0. The minimum atomic E-state index is -0.0845. The average molecular weight is 515 g/mol. The molecule has 200 valence electrons. The van der Waals surface area contributed by atoms with Crippen molar-refractivity contribution < 1.29 is 0 Å². The lowest BCUT2D eigenvalue weighted by Crippen LogP contribution is -2.29. The number of unbranched alkanes of at least 4 members (excludes halogenated alkanes) is 14. The Balaban J connectivity index is 1.41. The van der Waals surface area contributed by atoms with Gasteiger partial charge < -0.3 is 0 Å². The zero-order valence-corrected chi connectivity index (χ0v) is 24.4. The van der Waals surface area contributed by atoms with E-state index in [4.69, 9.17) is 0 Å². The largest absolute Gasteiger partial charge is 0.138 e. The second kappa shape index (κ2) is 18.4. The van der Waals surface area contributed by atoms with Crippen LogP contribution in [-0.4, -0.2) is 6.16 Å². The number of hydrogen-bond acceptors (Lipinski definition) is 0. The minimum Gasteiger partial charge on any atom is -0.138 e. The van der Waals surface area contributed by atoms with Gasteiger partial charge in [-0.1, -0.05) is 181 Å². The fourth-order valence-corrected chi connectivity index (χ4v) is 6.22. The molecule has 3 rings (SSSR count). The first-order chi connectivity index (χ1) is 18.4. The van der Waals surface area contributed by atoms with Crippen molar-refractivity contribution in [2.24, 2.45) is 0 Å². The smallest absolute Gasteiger partial charge is 0.0451 e. The highest BCUT2D eigenvalue weighted by atomic mass is 31.0. The Hall–Kier alpha value is -1.91. The molecule has 0 aliphatic heterocycles. The lowest BCUT2D eigenvalue weighted by molar-refractivity contribution is 0.491. The van der Waals surface area contributed by atoms with Crippen molar-refractivity contribution in [1.82, 2.24) is 0 Å². The zero-order valence-electron chi connectivity index (χ0n) is 23.3. The Morgan fingerprint density at radius 3 is 0.919 bits per heavy atom. The molecule has 0 saturated carbocycles. The van der Waals surface area contributed by atoms with Crippen LogP contribution in [0.2, 0.25) is 0 Å². The van der Waals surface area contributed by atoms with E-state index in [1.54, 1.807) is 0 Å². The highest BCUT2D eigenvalue weighted by Crippen LogP contribution is 2.43. The van der Waals surface area contributed by atoms with E-state index in [1.807, 2.05) is 0 Å². The molecule has 0 N–H and O–H groups in total. The predicted octanol–water partition coefficient (Wildman–Crippen LogP) is 11.1. The van der Waals surface area contributed by atoms with Crippen LogP contribution >= 0.6 is 9.24 Å². The first-order valence-electron chi connectivity index (χ1n) is 15.2. The van der Waals surface area contributed by atoms with Crippen molar-refractivity contribution in [1.29, 1.82) is 0 Å². The summed E-state index contributed by atoms with van der Waals surface area (Å²) in [4.78, 5) is 0. The molecule has 0 amide bonds. The van der Waals surface area contributed by atoms with E-state index in [-0.39, 0.29) is 5.41 Å². The molecule has 0 saturated heterocycles. The molecular formula is C36H51P. The Morgan fingerprint density at radius 1 is 0.351 bits per heavy atom. The average Bonchev–Trinajstić information content (AvgIpc) is 2.96. The number of rotatable bonds is 20. The van der Waals surface area contributed by atoms with Gasteiger partial charge in [0, 0.05) is 5.41 Å². The van der Waals surface area contributed by atoms with Gasteiger partial charge in [-0.25, -0.2) is 0 Å². The van der Waals surface area contributed by atoms with Gasteiger partial charge in [0.2, 0.25) is 0 Å². The Morgan fingerprint density at radius 2 is 0.622 bits per heavy atom. The predicted molar refractivity (Wildman–Crippen MR) is 168 cm³/mol. The van der Waals surface area contributed by atoms with Gasteiger partial charge in [0.05, 0.1) is 0 Å². The Kier molecular flexibility index (Phi) is 14.7. The van der Waals surface area contributed by atoms with Crippen molar-refractivity contribution >= 4 is 9.24 Å². The lowest BCUT2D eigenvalue weighted by atomic mass is 9.66. The van der Waals surface area contributed by atoms with E-state index in [9.17, 15) is 0 Å². The summed E-state index contributed by atoms with van der Waals surface area (Å²) >= 11 is 0. The van der Waals surface area contributed by atoms with Crippen LogP contribution in [0.3, 0.4) is 0 Å². The topological polar surface area (TPSA) is 0 Å². The highest BCUT2D eigenvalue weighted by Gasteiger charge is 2.35. The summed E-state index contributed by atoms with van der Waals surface area (Å²) in [7, 11) is 2.84. The lowest BCUT2D eigenvalue weighted by Gasteiger charge is -2.36. The fraction of sp³-hybridized carbons (Fsp3) is 0.500. The second-order valence-corrected chi connectivity index (χ2v) is 11.4. The summed E-state index contributed by atoms with van der Waals surface area (Å²) in [6, 6.07) is 33.5. The van der Waals surface area contributed by atoms with E-state index in [2.05, 4.69) is 100 Å². The molecule has 3 aromatic rings. The molecule has 1 atom stereocenters. The van der Waals surface area contributed by atoms with E-state index in [0.29, 0.717) is 0 Å². The maximum absolute atomic E-state index is 2.84. The molecule has 3 aromatic carbocycles. The quantitative estimate of drug-likeness (QED) is 0.0799. The monoisotopic (exact) mass is 514 g/mol. The van der Waals surface area contributed by atoms with Crippen molar-refractivity contribution in [3.8, 4) is 0 Å². The van der Waals surface area contributed by atoms with Crippen LogP contribution in [0.5, 0.6) is 0 Å². The van der Waals surface area contributed by atoms with Crippen LogP contribution in [0.1, 0.15) is 119 Å². The van der Waals surface area contributed by atoms with E-state index < -0.39 is 0 Å². The van der Waals surface area contributed by atoms with E-state index in [0.717, 1.165) is 6.42 Å². The van der Waals surface area contributed by atoms with Gasteiger partial charge in [-0.2, -0.15) is 0 Å². The van der Waals surface area contributed by atoms with Gasteiger partial charge in [0.25, 0.3) is 0 Å². The van der Waals surface area contributed by atoms with Crippen LogP contribution in [0, 0.1) is 0 Å². The fourth-order valence-electron chi connectivity index (χ4n) is 5.93. The summed E-state index contributed by atoms with van der Waals surface area (Å²) in [5.74, 6) is 0. The van der Waals surface area contributed by atoms with E-state index in [1.165, 1.54) is 119 Å². The van der Waals surface area contributed by atoms with Gasteiger partial charge in [0.1, 0.15) is 0 Å². The first kappa shape index (κ1) is 29.6. The molecule has 1 unspecified atom stereocenters. The molecule has 0 aromatic heterocycles. The molecule has 0 heterocycles. The van der Waals surface area contributed by atoms with Crippen LogP contribution in [0.15, 0.2) is 91.0 Å². The third-order valence-electron chi connectivity index (χ3n) is 8.06. The molecule has 1 heteroatoms. The molecule has 0 aliphatic rings. The van der Waals surface area contributed by atoms with Crippen molar-refractivity contribution in [2.75, 3.05) is 6.16 Å². The van der Waals surface area contributed by atoms with Gasteiger partial charge in [-0.05, 0) is 35.7 Å². The molecule has 0 fully saturated rings. The number of benzene rings is 3. The molecule has 0 radical (unpaired) electrons. The Labute approximate surface area is 230 Å². The van der Waals surface area contributed by atoms with Crippen molar-refractivity contribution in [2.45, 2.75) is 108 Å². The summed E-state index contributed by atoms with van der Waals surface area (Å²) in [6.07, 6.45) is 23.5. The maximum Gasteiger partial charge on any atom is 0.0451 e. The molecule has 37 heavy (non-hydrogen) atoms. The molecule has 0 bridgehead atoms. The SMILES string of the molecule is PCCCCCCCCCCCCCCCCCC(c1ccccc1)(c1ccccc1)c1ccccc1. The second-order valence-electron chi connectivity index (χ2n) is 10.8. The molecule has 0 spiro atoms. The number of hydrogen-bond donors (Lipinski definition) is 0. The third kappa shape index (κ3) is 10.1. The Bertz CT molecular complexity index is 822. The summed E-state index contributed by atoms with van der Waals surface area (Å²) in [5, 5.41) is 0. The van der Waals surface area contributed by atoms with Crippen LogP contribution in [0.25, 0.3) is 0 Å². The van der Waals surface area contributed by atoms with Gasteiger partial charge in [0.15, 0.2) is 0 Å². The third-order valence-corrected chi connectivity index (χ3v) is 8.46. The minimum absolute atomic E-state index is 0.0845. The van der Waals surface area contributed by atoms with Crippen LogP contribution < -0.4 is 0 Å². The normalized spacial score (nSPS) is 11.6. The summed E-state index contributed by atoms with van der Waals surface area (Å²) in [5.41, 5.74) is 4.14.